The minimum absolute atomic E-state index is 0.344. The maximum atomic E-state index is 13.7. The van der Waals surface area contributed by atoms with Gasteiger partial charge in [0.1, 0.15) is 11.3 Å². The maximum Gasteiger partial charge on any atom is 0.422 e. The van der Waals surface area contributed by atoms with Gasteiger partial charge < -0.3 is 14.2 Å². The van der Waals surface area contributed by atoms with Gasteiger partial charge in [0.25, 0.3) is 0 Å². The number of imidazole rings is 1. The van der Waals surface area contributed by atoms with Gasteiger partial charge in [-0.1, -0.05) is 37.6 Å². The van der Waals surface area contributed by atoms with Gasteiger partial charge in [-0.15, -0.1) is 6.58 Å². The topological polar surface area (TPSA) is 63.5 Å². The van der Waals surface area contributed by atoms with Crippen LogP contribution in [-0.2, 0) is 6.54 Å². The predicted octanol–water partition coefficient (Wildman–Crippen LogP) is 7.35. The van der Waals surface area contributed by atoms with E-state index in [-0.39, 0.29) is 0 Å². The number of benzene rings is 1. The molecule has 1 amide bonds. The van der Waals surface area contributed by atoms with Crippen LogP contribution in [0.2, 0.25) is 5.02 Å². The van der Waals surface area contributed by atoms with Crippen LogP contribution in [0, 0.1) is 6.92 Å². The van der Waals surface area contributed by atoms with E-state index < -0.39 is 11.6 Å². The molecule has 0 atom stereocenters. The van der Waals surface area contributed by atoms with Crippen LogP contribution in [0.4, 0.5) is 16.6 Å². The first-order valence-corrected chi connectivity index (χ1v) is 12.8. The van der Waals surface area contributed by atoms with Crippen LogP contribution < -0.4 is 14.5 Å². The molecule has 0 bridgehead atoms. The normalized spacial score (nSPS) is 11.7. The van der Waals surface area contributed by atoms with E-state index in [4.69, 9.17) is 21.3 Å². The van der Waals surface area contributed by atoms with Crippen LogP contribution in [0.5, 0.6) is 5.75 Å². The highest BCUT2D eigenvalue weighted by atomic mass is 35.5. The number of pyridine rings is 1. The molecule has 0 saturated carbocycles. The van der Waals surface area contributed by atoms with Crippen molar-refractivity contribution in [2.24, 2.45) is 0 Å². The summed E-state index contributed by atoms with van der Waals surface area (Å²) in [5.41, 5.74) is 2.95. The molecular weight excluding hydrogens is 474 g/mol. The van der Waals surface area contributed by atoms with E-state index >= 15 is 0 Å². The number of aromatic nitrogens is 3. The zero-order chi connectivity index (χ0) is 26.8. The monoisotopic (exact) mass is 511 g/mol. The zero-order valence-corrected chi connectivity index (χ0v) is 23.5. The Labute approximate surface area is 219 Å². The Balaban J connectivity index is 2.19. The summed E-state index contributed by atoms with van der Waals surface area (Å²) in [6.07, 6.45) is 4.83. The Hall–Kier alpha value is -3.06. The molecule has 0 N–H and O–H groups in total. The molecule has 36 heavy (non-hydrogen) atoms. The van der Waals surface area contributed by atoms with Gasteiger partial charge >= 0.3 is 6.09 Å². The van der Waals surface area contributed by atoms with E-state index in [1.54, 1.807) is 11.1 Å². The predicted molar refractivity (Wildman–Crippen MR) is 150 cm³/mol. The fourth-order valence-electron chi connectivity index (χ4n) is 4.43. The molecule has 0 unspecified atom stereocenters. The second-order valence-electron chi connectivity index (χ2n) is 10.2. The standard InChI is InChI=1S/C28H38ClN5O2/c1-10-15-33-25-20(19(11-2)12-3)13-14-21(29)24(25)31-26(33)34(28(5,6)7)27(35)36-22-17-30-23(32(8)9)16-18(22)4/h10,13-14,16-17,19H,1,11-12,15H2,2-9H3. The Morgan fingerprint density at radius 3 is 2.44 bits per heavy atom. The highest BCUT2D eigenvalue weighted by molar-refractivity contribution is 6.35. The van der Waals surface area contributed by atoms with Gasteiger partial charge in [-0.3, -0.25) is 0 Å². The van der Waals surface area contributed by atoms with Crippen molar-refractivity contribution in [3.8, 4) is 5.75 Å². The summed E-state index contributed by atoms with van der Waals surface area (Å²) in [6, 6.07) is 5.86. The smallest absolute Gasteiger partial charge is 0.408 e. The summed E-state index contributed by atoms with van der Waals surface area (Å²) in [6.45, 7) is 16.5. The van der Waals surface area contributed by atoms with Crippen LogP contribution in [0.1, 0.15) is 64.5 Å². The molecule has 8 heteroatoms. The van der Waals surface area contributed by atoms with Crippen LogP contribution in [0.15, 0.2) is 37.1 Å². The molecule has 3 aromatic rings. The highest BCUT2D eigenvalue weighted by Gasteiger charge is 2.35. The lowest BCUT2D eigenvalue weighted by atomic mass is 9.93. The molecule has 0 aliphatic heterocycles. The fourth-order valence-corrected chi connectivity index (χ4v) is 4.62. The van der Waals surface area contributed by atoms with Crippen molar-refractivity contribution in [1.29, 1.82) is 0 Å². The molecule has 0 fully saturated rings. The molecular formula is C28H38ClN5O2. The van der Waals surface area contributed by atoms with E-state index in [1.807, 2.05) is 69.5 Å². The number of carbonyl (C=O) groups is 1. The third-order valence-corrected chi connectivity index (χ3v) is 6.66. The van der Waals surface area contributed by atoms with Crippen molar-refractivity contribution in [1.82, 2.24) is 14.5 Å². The number of anilines is 2. The van der Waals surface area contributed by atoms with Crippen molar-refractivity contribution in [2.75, 3.05) is 23.9 Å². The summed E-state index contributed by atoms with van der Waals surface area (Å²) in [7, 11) is 3.83. The molecule has 1 aromatic carbocycles. The lowest BCUT2D eigenvalue weighted by molar-refractivity contribution is 0.200. The average molecular weight is 512 g/mol. The van der Waals surface area contributed by atoms with E-state index in [9.17, 15) is 4.79 Å². The van der Waals surface area contributed by atoms with Gasteiger partial charge in [-0.05, 0) is 69.7 Å². The quantitative estimate of drug-likeness (QED) is 0.296. The lowest BCUT2D eigenvalue weighted by Crippen LogP contribution is -2.48. The number of fused-ring (bicyclic) bond motifs is 1. The number of allylic oxidation sites excluding steroid dienone is 1. The van der Waals surface area contributed by atoms with Gasteiger partial charge in [0.2, 0.25) is 5.95 Å². The Morgan fingerprint density at radius 2 is 1.92 bits per heavy atom. The summed E-state index contributed by atoms with van der Waals surface area (Å²) in [5.74, 6) is 2.01. The van der Waals surface area contributed by atoms with E-state index in [0.717, 1.165) is 29.7 Å². The van der Waals surface area contributed by atoms with Crippen LogP contribution >= 0.6 is 11.6 Å². The zero-order valence-electron chi connectivity index (χ0n) is 22.7. The Morgan fingerprint density at radius 1 is 1.25 bits per heavy atom. The summed E-state index contributed by atoms with van der Waals surface area (Å²) in [5, 5.41) is 0.547. The van der Waals surface area contributed by atoms with Gasteiger partial charge in [0.05, 0.1) is 16.7 Å². The molecule has 7 nitrogen and oxygen atoms in total. The first kappa shape index (κ1) is 27.5. The lowest BCUT2D eigenvalue weighted by Gasteiger charge is -2.34. The molecule has 3 rings (SSSR count). The third-order valence-electron chi connectivity index (χ3n) is 6.35. The number of amides is 1. The number of ether oxygens (including phenoxy) is 1. The first-order chi connectivity index (χ1) is 16.9. The van der Waals surface area contributed by atoms with E-state index in [1.165, 1.54) is 5.56 Å². The van der Waals surface area contributed by atoms with Crippen molar-refractivity contribution >= 4 is 40.5 Å². The van der Waals surface area contributed by atoms with Crippen molar-refractivity contribution in [3.63, 3.8) is 0 Å². The minimum Gasteiger partial charge on any atom is -0.408 e. The number of rotatable bonds is 8. The minimum atomic E-state index is -0.635. The van der Waals surface area contributed by atoms with Gasteiger partial charge in [0, 0.05) is 26.2 Å². The molecule has 0 aliphatic rings. The first-order valence-electron chi connectivity index (χ1n) is 12.4. The van der Waals surface area contributed by atoms with E-state index in [0.29, 0.717) is 34.7 Å². The van der Waals surface area contributed by atoms with Crippen LogP contribution in [0.3, 0.4) is 0 Å². The molecule has 2 aromatic heterocycles. The maximum absolute atomic E-state index is 13.7. The fraction of sp³-hybridized carbons (Fsp3) is 0.464. The molecule has 0 saturated heterocycles. The number of nitrogens with zero attached hydrogens (tertiary/aromatic N) is 5. The third kappa shape index (κ3) is 5.36. The molecule has 194 valence electrons. The largest absolute Gasteiger partial charge is 0.422 e. The highest BCUT2D eigenvalue weighted by Crippen LogP contribution is 2.38. The molecule has 0 radical (unpaired) electrons. The number of hydrogen-bond acceptors (Lipinski definition) is 5. The van der Waals surface area contributed by atoms with E-state index in [2.05, 4.69) is 31.5 Å². The summed E-state index contributed by atoms with van der Waals surface area (Å²) >= 11 is 6.65. The van der Waals surface area contributed by atoms with Crippen molar-refractivity contribution < 1.29 is 9.53 Å². The Bertz CT molecular complexity index is 1260. The molecule has 0 spiro atoms. The Kier molecular flexibility index (Phi) is 8.34. The second-order valence-corrected chi connectivity index (χ2v) is 10.6. The SMILES string of the molecule is C=CCn1c(N(C(=O)Oc2cnc(N(C)C)cc2C)C(C)(C)C)nc2c(Cl)ccc(C(CC)CC)c21. The molecule has 0 aliphatic carbocycles. The molecule has 2 heterocycles. The summed E-state index contributed by atoms with van der Waals surface area (Å²) < 4.78 is 7.92. The van der Waals surface area contributed by atoms with Gasteiger partial charge in [0.15, 0.2) is 5.75 Å². The summed E-state index contributed by atoms with van der Waals surface area (Å²) in [4.78, 5) is 26.5. The second kappa shape index (κ2) is 10.9. The van der Waals surface area contributed by atoms with Gasteiger partial charge in [-0.25, -0.2) is 19.7 Å². The van der Waals surface area contributed by atoms with Crippen molar-refractivity contribution in [2.45, 2.75) is 72.4 Å². The van der Waals surface area contributed by atoms with Crippen molar-refractivity contribution in [3.05, 3.63) is 53.2 Å². The number of aryl methyl sites for hydroxylation is 1. The number of halogens is 1. The number of hydrogen-bond donors (Lipinski definition) is 0. The van der Waals surface area contributed by atoms with Gasteiger partial charge in [-0.2, -0.15) is 0 Å². The van der Waals surface area contributed by atoms with Crippen LogP contribution in [-0.4, -0.2) is 40.3 Å². The number of carbonyl (C=O) groups excluding carboxylic acids is 1. The van der Waals surface area contributed by atoms with Crippen LogP contribution in [0.25, 0.3) is 11.0 Å². The average Bonchev–Trinajstić information content (AvgIpc) is 3.16.